The normalized spacial score (nSPS) is 21.5. The van der Waals surface area contributed by atoms with E-state index in [1.54, 1.807) is 7.11 Å². The zero-order valence-corrected chi connectivity index (χ0v) is 7.76. The first-order valence-corrected chi connectivity index (χ1v) is 4.21. The van der Waals surface area contributed by atoms with Gasteiger partial charge < -0.3 is 9.55 Å². The highest BCUT2D eigenvalue weighted by Gasteiger charge is 2.33. The highest BCUT2D eigenvalue weighted by atomic mass is 16.5. The van der Waals surface area contributed by atoms with Gasteiger partial charge in [0.1, 0.15) is 0 Å². The number of nitrogens with zero attached hydrogens (tertiary/aromatic N) is 1. The first kappa shape index (κ1) is 9.08. The third-order valence-electron chi connectivity index (χ3n) is 2.36. The molecule has 0 unspecified atom stereocenters. The molecule has 0 N–H and O–H groups in total. The molecule has 0 aromatic rings. The molecule has 0 aliphatic heterocycles. The molecule has 0 atom stereocenters. The van der Waals surface area contributed by atoms with E-state index >= 15 is 0 Å². The minimum atomic E-state index is 0.466. The van der Waals surface area contributed by atoms with Gasteiger partial charge in [0, 0.05) is 7.11 Å². The molecule has 63 valence electrons. The predicted octanol–water partition coefficient (Wildman–Crippen LogP) is 1.50. The van der Waals surface area contributed by atoms with E-state index < -0.39 is 0 Å². The van der Waals surface area contributed by atoms with Crippen molar-refractivity contribution >= 4 is 7.41 Å². The van der Waals surface area contributed by atoms with E-state index in [1.807, 2.05) is 0 Å². The number of methoxy groups -OCH3 is 1. The monoisotopic (exact) mass is 154 g/mol. The zero-order valence-electron chi connectivity index (χ0n) is 7.76. The van der Waals surface area contributed by atoms with Crippen LogP contribution in [0.4, 0.5) is 0 Å². The number of ether oxygens (including phenoxy) is 1. The average molecular weight is 154 g/mol. The summed E-state index contributed by atoms with van der Waals surface area (Å²) in [5, 5.41) is 0.466. The van der Waals surface area contributed by atoms with Gasteiger partial charge in [-0.25, -0.2) is 0 Å². The molecular formula is C8H17BNO. The van der Waals surface area contributed by atoms with Gasteiger partial charge in [0.2, 0.25) is 7.41 Å². The van der Waals surface area contributed by atoms with E-state index in [0.29, 0.717) is 12.0 Å². The Morgan fingerprint density at radius 1 is 1.55 bits per heavy atom. The molecule has 0 spiro atoms. The molecule has 0 bridgehead atoms. The second-order valence-electron chi connectivity index (χ2n) is 3.81. The van der Waals surface area contributed by atoms with Crippen molar-refractivity contribution in [3.8, 4) is 0 Å². The number of rotatable bonds is 4. The topological polar surface area (TPSA) is 12.5 Å². The molecule has 0 amide bonds. The largest absolute Gasteiger partial charge is 0.370 e. The van der Waals surface area contributed by atoms with E-state index in [9.17, 15) is 0 Å². The molecule has 2 nitrogen and oxygen atoms in total. The first-order chi connectivity index (χ1) is 5.16. The lowest BCUT2D eigenvalue weighted by Crippen LogP contribution is -2.37. The van der Waals surface area contributed by atoms with Gasteiger partial charge in [-0.05, 0) is 12.4 Å². The molecule has 1 aliphatic carbocycles. The van der Waals surface area contributed by atoms with Crippen LogP contribution in [0.5, 0.6) is 0 Å². The van der Waals surface area contributed by atoms with Crippen LogP contribution in [0.3, 0.4) is 0 Å². The van der Waals surface area contributed by atoms with Gasteiger partial charge in [0.05, 0.1) is 6.73 Å². The fraction of sp³-hybridized carbons (Fsp3) is 1.00. The Morgan fingerprint density at radius 3 is 2.55 bits per heavy atom. The summed E-state index contributed by atoms with van der Waals surface area (Å²) in [5.41, 5.74) is 0. The minimum Gasteiger partial charge on any atom is -0.370 e. The molecule has 1 saturated carbocycles. The highest BCUT2D eigenvalue weighted by Crippen LogP contribution is 2.46. The van der Waals surface area contributed by atoms with E-state index in [2.05, 4.69) is 26.2 Å². The van der Waals surface area contributed by atoms with E-state index in [-0.39, 0.29) is 0 Å². The van der Waals surface area contributed by atoms with E-state index in [1.165, 1.54) is 19.3 Å². The van der Waals surface area contributed by atoms with Crippen molar-refractivity contribution in [2.45, 2.75) is 31.5 Å². The summed E-state index contributed by atoms with van der Waals surface area (Å²) in [6, 6.07) is 0. The maximum atomic E-state index is 5.01. The number of hydrogen-bond acceptors (Lipinski definition) is 2. The lowest BCUT2D eigenvalue weighted by atomic mass is 9.50. The molecule has 1 fully saturated rings. The van der Waals surface area contributed by atoms with E-state index in [0.717, 1.165) is 0 Å². The molecule has 0 aromatic heterocycles. The standard InChI is InChI=1S/C8H17BNO/c1-8(5-4-6-8)9-10(2)7-11-3/h4-7H2,1-3H3. The van der Waals surface area contributed by atoms with Gasteiger partial charge in [-0.2, -0.15) is 0 Å². The van der Waals surface area contributed by atoms with Crippen LogP contribution in [-0.2, 0) is 4.74 Å². The molecule has 3 heteroatoms. The van der Waals surface area contributed by atoms with Gasteiger partial charge in [-0.3, -0.25) is 0 Å². The van der Waals surface area contributed by atoms with Crippen LogP contribution in [0, 0.1) is 0 Å². The van der Waals surface area contributed by atoms with Crippen LogP contribution in [0.25, 0.3) is 0 Å². The second-order valence-corrected chi connectivity index (χ2v) is 3.81. The van der Waals surface area contributed by atoms with Crippen molar-refractivity contribution in [1.29, 1.82) is 0 Å². The fourth-order valence-electron chi connectivity index (χ4n) is 1.64. The third kappa shape index (κ3) is 2.49. The van der Waals surface area contributed by atoms with Crippen LogP contribution in [0.15, 0.2) is 0 Å². The lowest BCUT2D eigenvalue weighted by molar-refractivity contribution is 0.126. The fourth-order valence-corrected chi connectivity index (χ4v) is 1.64. The van der Waals surface area contributed by atoms with Gasteiger partial charge in [-0.15, -0.1) is 0 Å². The van der Waals surface area contributed by atoms with Crippen LogP contribution in [-0.4, -0.2) is 33.1 Å². The van der Waals surface area contributed by atoms with Crippen molar-refractivity contribution in [1.82, 2.24) is 4.81 Å². The van der Waals surface area contributed by atoms with Crippen molar-refractivity contribution in [3.63, 3.8) is 0 Å². The minimum absolute atomic E-state index is 0.466. The maximum Gasteiger partial charge on any atom is 0.217 e. The Bertz CT molecular complexity index is 125. The van der Waals surface area contributed by atoms with Crippen molar-refractivity contribution in [3.05, 3.63) is 0 Å². The Labute approximate surface area is 70.2 Å². The summed E-state index contributed by atoms with van der Waals surface area (Å²) in [6.07, 6.45) is 4.05. The average Bonchev–Trinajstić information content (AvgIpc) is 1.85. The van der Waals surface area contributed by atoms with E-state index in [4.69, 9.17) is 4.74 Å². The van der Waals surface area contributed by atoms with Crippen LogP contribution in [0.1, 0.15) is 26.2 Å². The summed E-state index contributed by atoms with van der Waals surface area (Å²) in [4.78, 5) is 2.12. The third-order valence-corrected chi connectivity index (χ3v) is 2.36. The molecule has 0 aromatic carbocycles. The van der Waals surface area contributed by atoms with Gasteiger partial charge in [-0.1, -0.05) is 26.2 Å². The molecule has 0 heterocycles. The second kappa shape index (κ2) is 3.59. The summed E-state index contributed by atoms with van der Waals surface area (Å²) in [7, 11) is 6.08. The lowest BCUT2D eigenvalue weighted by Gasteiger charge is -2.40. The smallest absolute Gasteiger partial charge is 0.217 e. The van der Waals surface area contributed by atoms with Crippen molar-refractivity contribution in [2.24, 2.45) is 0 Å². The van der Waals surface area contributed by atoms with Crippen molar-refractivity contribution in [2.75, 3.05) is 20.9 Å². The molecule has 1 rings (SSSR count). The molecule has 1 radical (unpaired) electrons. The predicted molar refractivity (Wildman–Crippen MR) is 47.6 cm³/mol. The summed E-state index contributed by atoms with van der Waals surface area (Å²) >= 11 is 0. The van der Waals surface area contributed by atoms with Crippen molar-refractivity contribution < 1.29 is 4.74 Å². The van der Waals surface area contributed by atoms with Crippen LogP contribution >= 0.6 is 0 Å². The Kier molecular flexibility index (Phi) is 2.96. The summed E-state index contributed by atoms with van der Waals surface area (Å²) in [6.45, 7) is 3.01. The molecule has 11 heavy (non-hydrogen) atoms. The van der Waals surface area contributed by atoms with Gasteiger partial charge in [0.25, 0.3) is 0 Å². The summed E-state index contributed by atoms with van der Waals surface area (Å²) in [5.74, 6) is 0. The SMILES string of the molecule is COCN(C)[B]C1(C)CCC1. The molecular weight excluding hydrogens is 137 g/mol. The Morgan fingerprint density at radius 2 is 2.18 bits per heavy atom. The van der Waals surface area contributed by atoms with Gasteiger partial charge >= 0.3 is 0 Å². The Hall–Kier alpha value is -0.0151. The van der Waals surface area contributed by atoms with Crippen LogP contribution < -0.4 is 0 Å². The quantitative estimate of drug-likeness (QED) is 0.449. The molecule has 0 saturated heterocycles. The first-order valence-electron chi connectivity index (χ1n) is 4.21. The number of hydrogen-bond donors (Lipinski definition) is 0. The summed E-state index contributed by atoms with van der Waals surface area (Å²) < 4.78 is 5.01. The van der Waals surface area contributed by atoms with Gasteiger partial charge in [0.15, 0.2) is 0 Å². The molecule has 1 aliphatic rings. The highest BCUT2D eigenvalue weighted by molar-refractivity contribution is 6.36. The maximum absolute atomic E-state index is 5.01. The zero-order chi connectivity index (χ0) is 8.32. The van der Waals surface area contributed by atoms with Crippen LogP contribution in [0.2, 0.25) is 5.31 Å². The Balaban J connectivity index is 2.18.